The molecule has 1 atom stereocenters. The summed E-state index contributed by atoms with van der Waals surface area (Å²) in [6.45, 7) is 2.20. The number of aliphatic imine (C=N–C) groups is 1. The molecule has 0 amide bonds. The molecule has 4 nitrogen and oxygen atoms in total. The maximum Gasteiger partial charge on any atom is 0.266 e. The first-order valence-corrected chi connectivity index (χ1v) is 11.4. The Hall–Kier alpha value is -2.37. The van der Waals surface area contributed by atoms with Crippen LogP contribution in [0.1, 0.15) is 29.5 Å². The first-order chi connectivity index (χ1) is 14.2. The summed E-state index contributed by atoms with van der Waals surface area (Å²) in [6.07, 6.45) is 16.3. The van der Waals surface area contributed by atoms with E-state index in [1.165, 1.54) is 45.3 Å². The molecule has 29 heavy (non-hydrogen) atoms. The number of hydrogen-bond donors (Lipinski definition) is 1. The van der Waals surface area contributed by atoms with Crippen LogP contribution in [0.4, 0.5) is 5.69 Å². The second-order valence-electron chi connectivity index (χ2n) is 7.75. The van der Waals surface area contributed by atoms with E-state index in [1.807, 2.05) is 18.0 Å². The van der Waals surface area contributed by atoms with E-state index in [1.54, 1.807) is 0 Å². The third kappa shape index (κ3) is 5.17. The number of thioether (sulfide) groups is 1. The van der Waals surface area contributed by atoms with Crippen molar-refractivity contribution >= 4 is 34.8 Å². The van der Waals surface area contributed by atoms with Crippen molar-refractivity contribution in [2.45, 2.75) is 25.8 Å². The van der Waals surface area contributed by atoms with Crippen LogP contribution in [0.3, 0.4) is 0 Å². The average Bonchev–Trinajstić information content (AvgIpc) is 3.15. The number of amidine groups is 1. The average molecular weight is 407 g/mol. The van der Waals surface area contributed by atoms with Crippen LogP contribution in [-0.2, 0) is 13.0 Å². The first kappa shape index (κ1) is 19.9. The molecule has 1 unspecified atom stereocenters. The minimum atomic E-state index is 1.04. The Balaban J connectivity index is 1.28. The Bertz CT molecular complexity index is 930. The molecular formula is C24H30N4S+2. The van der Waals surface area contributed by atoms with Crippen LogP contribution < -0.4 is 14.4 Å². The summed E-state index contributed by atoms with van der Waals surface area (Å²) < 4.78 is 2.26. The van der Waals surface area contributed by atoms with Gasteiger partial charge in [-0.2, -0.15) is 4.99 Å². The van der Waals surface area contributed by atoms with Crippen molar-refractivity contribution in [1.29, 1.82) is 0 Å². The first-order valence-electron chi connectivity index (χ1n) is 10.4. The van der Waals surface area contributed by atoms with Gasteiger partial charge >= 0.3 is 0 Å². The fraction of sp³-hybridized carbons (Fsp3) is 0.333. The Morgan fingerprint density at radius 3 is 2.79 bits per heavy atom. The fourth-order valence-corrected chi connectivity index (χ4v) is 4.69. The normalized spacial score (nSPS) is 18.3. The molecule has 3 heterocycles. The Kier molecular flexibility index (Phi) is 6.47. The minimum absolute atomic E-state index is 1.04. The van der Waals surface area contributed by atoms with Gasteiger partial charge in [-0.05, 0) is 53.4 Å². The van der Waals surface area contributed by atoms with Crippen molar-refractivity contribution in [2.75, 3.05) is 31.3 Å². The molecule has 2 aliphatic rings. The second kappa shape index (κ2) is 9.42. The molecule has 0 radical (unpaired) electrons. The zero-order valence-electron chi connectivity index (χ0n) is 17.3. The van der Waals surface area contributed by atoms with Gasteiger partial charge in [0.25, 0.3) is 5.17 Å². The molecule has 0 spiro atoms. The van der Waals surface area contributed by atoms with E-state index in [4.69, 9.17) is 0 Å². The summed E-state index contributed by atoms with van der Waals surface area (Å²) in [7, 11) is 4.31. The number of benzene rings is 1. The van der Waals surface area contributed by atoms with Gasteiger partial charge in [-0.15, -0.1) is 0 Å². The van der Waals surface area contributed by atoms with Gasteiger partial charge in [-0.3, -0.25) is 4.90 Å². The molecule has 2 aromatic rings. The van der Waals surface area contributed by atoms with E-state index in [0.717, 1.165) is 25.3 Å². The van der Waals surface area contributed by atoms with E-state index in [0.29, 0.717) is 0 Å². The van der Waals surface area contributed by atoms with Crippen molar-refractivity contribution in [2.24, 2.45) is 4.99 Å². The van der Waals surface area contributed by atoms with Crippen LogP contribution in [0.2, 0.25) is 0 Å². The molecule has 1 aromatic carbocycles. The topological polar surface area (TPSA) is 23.9 Å². The van der Waals surface area contributed by atoms with Gasteiger partial charge < -0.3 is 4.90 Å². The summed E-state index contributed by atoms with van der Waals surface area (Å²) in [5, 5.41) is 1.17. The molecule has 0 saturated carbocycles. The van der Waals surface area contributed by atoms with Gasteiger partial charge in [0.2, 0.25) is 0 Å². The number of hydrogen-bond acceptors (Lipinski definition) is 3. The predicted octanol–water partition coefficient (Wildman–Crippen LogP) is 3.01. The van der Waals surface area contributed by atoms with Gasteiger partial charge in [0.05, 0.1) is 13.2 Å². The van der Waals surface area contributed by atoms with Crippen molar-refractivity contribution in [1.82, 2.24) is 0 Å². The van der Waals surface area contributed by atoms with E-state index in [9.17, 15) is 0 Å². The number of fused-ring (bicyclic) bond motifs is 1. The highest BCUT2D eigenvalue weighted by molar-refractivity contribution is 8.13. The van der Waals surface area contributed by atoms with Crippen LogP contribution >= 0.6 is 11.8 Å². The Morgan fingerprint density at radius 1 is 1.17 bits per heavy atom. The highest BCUT2D eigenvalue weighted by Gasteiger charge is 2.15. The van der Waals surface area contributed by atoms with Crippen molar-refractivity contribution in [3.63, 3.8) is 0 Å². The Morgan fingerprint density at radius 2 is 2.00 bits per heavy atom. The zero-order valence-corrected chi connectivity index (χ0v) is 18.2. The lowest BCUT2D eigenvalue weighted by molar-refractivity contribution is -0.713. The molecule has 0 bridgehead atoms. The quantitative estimate of drug-likeness (QED) is 0.589. The monoisotopic (exact) mass is 406 g/mol. The highest BCUT2D eigenvalue weighted by Crippen LogP contribution is 2.27. The largest absolute Gasteiger partial charge is 0.374 e. The smallest absolute Gasteiger partial charge is 0.266 e. The molecule has 0 aliphatic carbocycles. The molecule has 0 fully saturated rings. The number of aryl methyl sites for hydroxylation is 2. The van der Waals surface area contributed by atoms with Crippen LogP contribution in [0, 0.1) is 0 Å². The lowest BCUT2D eigenvalue weighted by Gasteiger charge is -2.27. The summed E-state index contributed by atoms with van der Waals surface area (Å²) in [4.78, 5) is 8.03. The predicted molar refractivity (Wildman–Crippen MR) is 124 cm³/mol. The van der Waals surface area contributed by atoms with Gasteiger partial charge in [0, 0.05) is 43.6 Å². The molecule has 1 N–H and O–H groups in total. The SMILES string of the molecule is CN1CCCc2cc(C=Cc3cc[n+](CCCSC4=NC=C[NH+]4C)cc3)ccc21. The number of pyridine rings is 1. The molecule has 1 aromatic heterocycles. The van der Waals surface area contributed by atoms with E-state index in [-0.39, 0.29) is 0 Å². The lowest BCUT2D eigenvalue weighted by atomic mass is 9.99. The van der Waals surface area contributed by atoms with E-state index < -0.39 is 0 Å². The highest BCUT2D eigenvalue weighted by atomic mass is 32.2. The summed E-state index contributed by atoms with van der Waals surface area (Å²) in [5.41, 5.74) is 5.37. The van der Waals surface area contributed by atoms with Gasteiger partial charge in [0.15, 0.2) is 12.4 Å². The van der Waals surface area contributed by atoms with Gasteiger partial charge in [0.1, 0.15) is 12.7 Å². The number of anilines is 1. The van der Waals surface area contributed by atoms with E-state index >= 15 is 0 Å². The van der Waals surface area contributed by atoms with E-state index in [2.05, 4.69) is 89.6 Å². The standard InChI is InChI=1S/C24H29N4S/c1-26-13-3-5-22-19-21(8-9-23(22)26)7-6-20-10-15-28(16-11-20)14-4-18-29-24-25-12-17-27(24)2/h6-12,15-17,19H,3-5,13-14,18H2,1-2H3/q+1/p+1. The third-order valence-electron chi connectivity index (χ3n) is 5.49. The number of nitrogens with one attached hydrogen (secondary N) is 1. The van der Waals surface area contributed by atoms with Gasteiger partial charge in [-0.1, -0.05) is 18.2 Å². The zero-order chi connectivity index (χ0) is 20.1. The molecule has 0 saturated heterocycles. The third-order valence-corrected chi connectivity index (χ3v) is 6.69. The van der Waals surface area contributed by atoms with Crippen molar-refractivity contribution in [3.05, 3.63) is 71.8 Å². The summed E-state index contributed by atoms with van der Waals surface area (Å²) >= 11 is 1.85. The molecule has 5 heteroatoms. The number of aromatic nitrogens is 1. The minimum Gasteiger partial charge on any atom is -0.374 e. The molecule has 4 rings (SSSR count). The lowest BCUT2D eigenvalue weighted by Crippen LogP contribution is -3.05. The number of quaternary nitrogens is 1. The van der Waals surface area contributed by atoms with Crippen molar-refractivity contribution < 1.29 is 9.47 Å². The number of nitrogens with zero attached hydrogens (tertiary/aromatic N) is 3. The maximum absolute atomic E-state index is 4.39. The maximum atomic E-state index is 4.39. The number of rotatable bonds is 6. The van der Waals surface area contributed by atoms with Crippen LogP contribution in [0.25, 0.3) is 12.2 Å². The fourth-order valence-electron chi connectivity index (χ4n) is 3.79. The molecule has 150 valence electrons. The molecular weight excluding hydrogens is 376 g/mol. The van der Waals surface area contributed by atoms with Crippen LogP contribution in [0.5, 0.6) is 0 Å². The summed E-state index contributed by atoms with van der Waals surface area (Å²) in [5.74, 6) is 1.10. The Labute approximate surface area is 178 Å². The molecule has 2 aliphatic heterocycles. The van der Waals surface area contributed by atoms with Gasteiger partial charge in [-0.25, -0.2) is 4.57 Å². The van der Waals surface area contributed by atoms with Crippen LogP contribution in [0.15, 0.2) is 60.1 Å². The van der Waals surface area contributed by atoms with Crippen molar-refractivity contribution in [3.8, 4) is 0 Å². The summed E-state index contributed by atoms with van der Waals surface area (Å²) in [6, 6.07) is 11.2. The van der Waals surface area contributed by atoms with Crippen LogP contribution in [-0.4, -0.2) is 31.6 Å². The second-order valence-corrected chi connectivity index (χ2v) is 8.83.